The molecule has 0 spiro atoms. The molecule has 0 atom stereocenters. The molecule has 0 saturated carbocycles. The smallest absolute Gasteiger partial charge is 0.0120 e. The summed E-state index contributed by atoms with van der Waals surface area (Å²) >= 11 is 0. The van der Waals surface area contributed by atoms with Crippen LogP contribution in [0.25, 0.3) is 10.8 Å². The number of nitrogens with zero attached hydrogens (tertiary/aromatic N) is 1. The highest BCUT2D eigenvalue weighted by molar-refractivity contribution is 5.84. The molecule has 3 rings (SSSR count). The van der Waals surface area contributed by atoms with Gasteiger partial charge in [-0.1, -0.05) is 24.3 Å². The Morgan fingerprint density at radius 3 is 1.93 bits per heavy atom. The second kappa shape index (κ2) is 2.80. The van der Waals surface area contributed by atoms with Gasteiger partial charge >= 0.3 is 0 Å². The topological polar surface area (TPSA) is 26.3 Å². The molecule has 0 N–H and O–H groups in total. The van der Waals surface area contributed by atoms with Gasteiger partial charge in [0.25, 0.3) is 0 Å². The molecule has 2 aromatic rings. The van der Waals surface area contributed by atoms with Crippen molar-refractivity contribution in [3.05, 3.63) is 52.7 Å². The van der Waals surface area contributed by atoms with E-state index in [0.717, 1.165) is 5.06 Å². The zero-order valence-electron chi connectivity index (χ0n) is 7.73. The van der Waals surface area contributed by atoms with Crippen LogP contribution in [-0.2, 0) is 13.1 Å². The second-order valence-electron chi connectivity index (χ2n) is 3.77. The van der Waals surface area contributed by atoms with Crippen molar-refractivity contribution in [2.24, 2.45) is 0 Å². The fraction of sp³-hybridized carbons (Fsp3) is 0.167. The van der Waals surface area contributed by atoms with Crippen LogP contribution < -0.4 is 0 Å². The summed E-state index contributed by atoms with van der Waals surface area (Å²) in [6.45, 7) is 1.08. The monoisotopic (exact) mass is 184 g/mol. The molecule has 2 aromatic carbocycles. The van der Waals surface area contributed by atoms with Crippen LogP contribution in [0.4, 0.5) is 0 Å². The number of hydrogen-bond donors (Lipinski definition) is 0. The van der Waals surface area contributed by atoms with Crippen molar-refractivity contribution < 1.29 is 0 Å². The lowest BCUT2D eigenvalue weighted by Gasteiger charge is -2.19. The highest BCUT2D eigenvalue weighted by Gasteiger charge is 2.12. The molecule has 1 aliphatic rings. The van der Waals surface area contributed by atoms with E-state index in [4.69, 9.17) is 0 Å². The fourth-order valence-corrected chi connectivity index (χ4v) is 2.06. The zero-order chi connectivity index (χ0) is 9.54. The van der Waals surface area contributed by atoms with Crippen LogP contribution in [0.5, 0.6) is 0 Å². The first-order valence-corrected chi connectivity index (χ1v) is 4.75. The third-order valence-electron chi connectivity index (χ3n) is 2.76. The Kier molecular flexibility index (Phi) is 1.60. The Morgan fingerprint density at radius 1 is 0.929 bits per heavy atom. The van der Waals surface area contributed by atoms with E-state index in [2.05, 4.69) is 24.3 Å². The van der Waals surface area contributed by atoms with Crippen molar-refractivity contribution in [1.29, 1.82) is 0 Å². The number of fused-ring (bicyclic) bond motifs is 2. The number of hydroxylamine groups is 2. The molecule has 2 nitrogen and oxygen atoms in total. The van der Waals surface area contributed by atoms with Crippen LogP contribution in [0.2, 0.25) is 0 Å². The molecular weight excluding hydrogens is 174 g/mol. The fourth-order valence-electron chi connectivity index (χ4n) is 2.06. The maximum Gasteiger partial charge on any atom is 0.0120 e. The molecular formula is C12H10NO-. The van der Waals surface area contributed by atoms with Crippen molar-refractivity contribution in [2.45, 2.75) is 13.1 Å². The van der Waals surface area contributed by atoms with Gasteiger partial charge < -0.3 is 10.3 Å². The molecule has 1 heterocycles. The third kappa shape index (κ3) is 1.12. The Balaban J connectivity index is 2.27. The van der Waals surface area contributed by atoms with Gasteiger partial charge in [-0.05, 0) is 34.0 Å². The molecule has 0 fully saturated rings. The van der Waals surface area contributed by atoms with Crippen molar-refractivity contribution in [2.75, 3.05) is 0 Å². The lowest BCUT2D eigenvalue weighted by molar-refractivity contribution is 0.401. The first-order valence-electron chi connectivity index (χ1n) is 4.75. The lowest BCUT2D eigenvalue weighted by Crippen LogP contribution is -2.04. The maximum absolute atomic E-state index is 11.2. The van der Waals surface area contributed by atoms with E-state index in [1.807, 2.05) is 12.1 Å². The Hall–Kier alpha value is -1.38. The summed E-state index contributed by atoms with van der Waals surface area (Å²) < 4.78 is 0. The SMILES string of the molecule is [O-]N1Cc2cc3ccccc3cc2C1. The van der Waals surface area contributed by atoms with Crippen LogP contribution in [0.15, 0.2) is 36.4 Å². The van der Waals surface area contributed by atoms with Gasteiger partial charge in [-0.25, -0.2) is 0 Å². The van der Waals surface area contributed by atoms with Crippen LogP contribution in [-0.4, -0.2) is 5.06 Å². The van der Waals surface area contributed by atoms with E-state index in [9.17, 15) is 5.21 Å². The molecule has 70 valence electrons. The summed E-state index contributed by atoms with van der Waals surface area (Å²) in [5.41, 5.74) is 2.36. The van der Waals surface area contributed by atoms with Gasteiger partial charge in [-0.2, -0.15) is 0 Å². The third-order valence-corrected chi connectivity index (χ3v) is 2.76. The molecule has 0 amide bonds. The van der Waals surface area contributed by atoms with Crippen LogP contribution in [0, 0.1) is 5.21 Å². The van der Waals surface area contributed by atoms with Crippen molar-refractivity contribution in [3.63, 3.8) is 0 Å². The first kappa shape index (κ1) is 7.97. The average Bonchev–Trinajstić information content (AvgIpc) is 2.53. The van der Waals surface area contributed by atoms with Gasteiger partial charge in [0.15, 0.2) is 0 Å². The van der Waals surface area contributed by atoms with E-state index in [0.29, 0.717) is 13.1 Å². The van der Waals surface area contributed by atoms with Gasteiger partial charge in [0.1, 0.15) is 0 Å². The molecule has 14 heavy (non-hydrogen) atoms. The van der Waals surface area contributed by atoms with Crippen LogP contribution >= 0.6 is 0 Å². The van der Waals surface area contributed by atoms with Gasteiger partial charge in [0, 0.05) is 13.1 Å². The Labute approximate surface area is 82.3 Å². The molecule has 2 heteroatoms. The summed E-state index contributed by atoms with van der Waals surface area (Å²) in [5, 5.41) is 14.7. The highest BCUT2D eigenvalue weighted by atomic mass is 16.5. The van der Waals surface area contributed by atoms with Crippen LogP contribution in [0.3, 0.4) is 0 Å². The van der Waals surface area contributed by atoms with E-state index >= 15 is 0 Å². The lowest BCUT2D eigenvalue weighted by atomic mass is 10.0. The quantitative estimate of drug-likeness (QED) is 0.629. The average molecular weight is 184 g/mol. The molecule has 1 aliphatic heterocycles. The van der Waals surface area contributed by atoms with Gasteiger partial charge in [-0.15, -0.1) is 0 Å². The summed E-state index contributed by atoms with van der Waals surface area (Å²) in [7, 11) is 0. The number of benzene rings is 2. The minimum Gasteiger partial charge on any atom is -0.785 e. The summed E-state index contributed by atoms with van der Waals surface area (Å²) in [5.74, 6) is 0. The minimum absolute atomic E-state index is 0.542. The van der Waals surface area contributed by atoms with Crippen molar-refractivity contribution in [3.8, 4) is 0 Å². The molecule has 0 bridgehead atoms. The molecule has 0 unspecified atom stereocenters. The molecule has 0 aliphatic carbocycles. The van der Waals surface area contributed by atoms with E-state index in [-0.39, 0.29) is 0 Å². The van der Waals surface area contributed by atoms with Crippen molar-refractivity contribution in [1.82, 2.24) is 5.06 Å². The van der Waals surface area contributed by atoms with E-state index in [1.54, 1.807) is 0 Å². The first-order chi connectivity index (χ1) is 6.83. The predicted molar refractivity (Wildman–Crippen MR) is 56.6 cm³/mol. The van der Waals surface area contributed by atoms with Gasteiger partial charge in [0.2, 0.25) is 0 Å². The highest BCUT2D eigenvalue weighted by Crippen LogP contribution is 2.26. The summed E-state index contributed by atoms with van der Waals surface area (Å²) in [4.78, 5) is 0. The van der Waals surface area contributed by atoms with E-state index in [1.165, 1.54) is 21.9 Å². The maximum atomic E-state index is 11.2. The zero-order valence-corrected chi connectivity index (χ0v) is 7.73. The number of rotatable bonds is 0. The normalized spacial score (nSPS) is 16.1. The molecule has 0 saturated heterocycles. The Morgan fingerprint density at radius 2 is 1.43 bits per heavy atom. The minimum atomic E-state index is 0.542. The largest absolute Gasteiger partial charge is 0.785 e. The van der Waals surface area contributed by atoms with Crippen LogP contribution in [0.1, 0.15) is 11.1 Å². The van der Waals surface area contributed by atoms with Gasteiger partial charge in [0.05, 0.1) is 0 Å². The second-order valence-corrected chi connectivity index (χ2v) is 3.77. The Bertz CT molecular complexity index is 448. The van der Waals surface area contributed by atoms with Gasteiger partial charge in [-0.3, -0.25) is 0 Å². The number of hydrogen-bond acceptors (Lipinski definition) is 2. The predicted octanol–water partition coefficient (Wildman–Crippen LogP) is 2.65. The standard InChI is InChI=1S/C12H10NO/c14-13-7-11-5-9-3-1-2-4-10(9)6-12(11)8-13/h1-6H,7-8H2/q-1. The summed E-state index contributed by atoms with van der Waals surface area (Å²) in [6.07, 6.45) is 0. The summed E-state index contributed by atoms with van der Waals surface area (Å²) in [6, 6.07) is 12.5. The van der Waals surface area contributed by atoms with E-state index < -0.39 is 0 Å². The molecule has 0 radical (unpaired) electrons. The van der Waals surface area contributed by atoms with Crippen molar-refractivity contribution >= 4 is 10.8 Å². The molecule has 0 aromatic heterocycles.